The Morgan fingerprint density at radius 1 is 1.16 bits per heavy atom. The summed E-state index contributed by atoms with van der Waals surface area (Å²) in [7, 11) is -0.343. The maximum absolute atomic E-state index is 13.3. The molecule has 10 heteroatoms. The topological polar surface area (TPSA) is 80.4 Å². The molecule has 0 atom stereocenters. The highest BCUT2D eigenvalue weighted by molar-refractivity contribution is 7.86. The summed E-state index contributed by atoms with van der Waals surface area (Å²) in [5.41, 5.74) is 2.00. The molecule has 1 saturated heterocycles. The minimum absolute atomic E-state index is 0.0159. The van der Waals surface area contributed by atoms with Gasteiger partial charge in [0.05, 0.1) is 6.54 Å². The summed E-state index contributed by atoms with van der Waals surface area (Å²) >= 11 is 1.50. The number of rotatable bonds is 6. The predicted octanol–water partition coefficient (Wildman–Crippen LogP) is 2.44. The van der Waals surface area contributed by atoms with Crippen LogP contribution in [0.4, 0.5) is 0 Å². The lowest BCUT2D eigenvalue weighted by Crippen LogP contribution is -2.44. The number of hydrogen-bond donors (Lipinski definition) is 0. The van der Waals surface area contributed by atoms with E-state index in [0.29, 0.717) is 38.3 Å². The summed E-state index contributed by atoms with van der Waals surface area (Å²) < 4.78 is 30.9. The van der Waals surface area contributed by atoms with Crippen LogP contribution in [0.5, 0.6) is 0 Å². The zero-order valence-electron chi connectivity index (χ0n) is 17.9. The first-order chi connectivity index (χ1) is 14.8. The van der Waals surface area contributed by atoms with Gasteiger partial charge in [0.2, 0.25) is 0 Å². The summed E-state index contributed by atoms with van der Waals surface area (Å²) in [5, 5.41) is 7.50. The third-order valence-electron chi connectivity index (χ3n) is 5.61. The van der Waals surface area contributed by atoms with Gasteiger partial charge in [0, 0.05) is 33.1 Å². The summed E-state index contributed by atoms with van der Waals surface area (Å²) in [4.78, 5) is 13.3. The zero-order valence-corrected chi connectivity index (χ0v) is 19.6. The zero-order chi connectivity index (χ0) is 22.2. The van der Waals surface area contributed by atoms with Crippen LogP contribution < -0.4 is 5.69 Å². The predicted molar refractivity (Wildman–Crippen MR) is 122 cm³/mol. The molecule has 166 valence electrons. The molecule has 1 aromatic carbocycles. The van der Waals surface area contributed by atoms with Crippen LogP contribution in [0.15, 0.2) is 46.6 Å². The van der Waals surface area contributed by atoms with Crippen LogP contribution in [0.25, 0.3) is 5.00 Å². The van der Waals surface area contributed by atoms with Crippen molar-refractivity contribution in [1.82, 2.24) is 23.0 Å². The Morgan fingerprint density at radius 3 is 2.52 bits per heavy atom. The summed E-state index contributed by atoms with van der Waals surface area (Å²) in [5.74, 6) is 0.726. The van der Waals surface area contributed by atoms with Crippen molar-refractivity contribution in [2.45, 2.75) is 32.2 Å². The average molecular weight is 462 g/mol. The Hall–Kier alpha value is -2.27. The SMILES string of the molecule is Cc1cccc(Cn2nc(C3CCN(S(=O)(=O)N(C)C)CC3)n(-c3cccs3)c2=O)c1. The molecule has 3 aromatic rings. The Kier molecular flexibility index (Phi) is 6.16. The van der Waals surface area contributed by atoms with Gasteiger partial charge >= 0.3 is 5.69 Å². The molecule has 0 spiro atoms. The second kappa shape index (κ2) is 8.70. The van der Waals surface area contributed by atoms with E-state index in [1.807, 2.05) is 42.6 Å². The van der Waals surface area contributed by atoms with E-state index in [9.17, 15) is 13.2 Å². The normalized spacial score (nSPS) is 16.3. The Balaban J connectivity index is 1.65. The van der Waals surface area contributed by atoms with Crippen molar-refractivity contribution < 1.29 is 8.42 Å². The summed E-state index contributed by atoms with van der Waals surface area (Å²) in [6, 6.07) is 11.9. The van der Waals surface area contributed by atoms with E-state index in [1.165, 1.54) is 24.6 Å². The third-order valence-corrected chi connectivity index (χ3v) is 8.41. The van der Waals surface area contributed by atoms with Crippen LogP contribution in [0.2, 0.25) is 0 Å². The first-order valence-electron chi connectivity index (χ1n) is 10.2. The fourth-order valence-electron chi connectivity index (χ4n) is 3.96. The van der Waals surface area contributed by atoms with Crippen LogP contribution in [-0.4, -0.2) is 58.6 Å². The highest BCUT2D eigenvalue weighted by Gasteiger charge is 2.33. The minimum atomic E-state index is -3.43. The molecule has 3 heterocycles. The largest absolute Gasteiger partial charge is 0.351 e. The maximum atomic E-state index is 13.3. The monoisotopic (exact) mass is 461 g/mol. The van der Waals surface area contributed by atoms with Crippen LogP contribution in [0.1, 0.15) is 35.7 Å². The average Bonchev–Trinajstić information content (AvgIpc) is 3.36. The fourth-order valence-corrected chi connectivity index (χ4v) is 5.82. The number of piperidine rings is 1. The summed E-state index contributed by atoms with van der Waals surface area (Å²) in [6.45, 7) is 3.25. The molecule has 1 aliphatic rings. The molecule has 0 saturated carbocycles. The molecule has 1 aliphatic heterocycles. The molecule has 0 bridgehead atoms. The second-order valence-corrected chi connectivity index (χ2v) is 11.1. The molecule has 0 radical (unpaired) electrons. The summed E-state index contributed by atoms with van der Waals surface area (Å²) in [6.07, 6.45) is 1.25. The number of hydrogen-bond acceptors (Lipinski definition) is 5. The molecule has 31 heavy (non-hydrogen) atoms. The van der Waals surface area contributed by atoms with Crippen LogP contribution in [0.3, 0.4) is 0 Å². The molecule has 0 unspecified atom stereocenters. The standard InChI is InChI=1S/C21H27N5O3S2/c1-16-6-4-7-17(14-16)15-25-21(27)26(19-8-5-13-30-19)20(22-25)18-9-11-24(12-10-18)31(28,29)23(2)3/h4-8,13-14,18H,9-12,15H2,1-3H3. The molecule has 0 N–H and O–H groups in total. The van der Waals surface area contributed by atoms with Gasteiger partial charge in [-0.3, -0.25) is 0 Å². The van der Waals surface area contributed by atoms with E-state index in [-0.39, 0.29) is 11.6 Å². The number of aromatic nitrogens is 3. The van der Waals surface area contributed by atoms with Crippen molar-refractivity contribution >= 4 is 21.5 Å². The molecule has 8 nitrogen and oxygen atoms in total. The number of benzene rings is 1. The molecule has 2 aromatic heterocycles. The lowest BCUT2D eigenvalue weighted by Gasteiger charge is -2.32. The van der Waals surface area contributed by atoms with Gasteiger partial charge in [0.25, 0.3) is 10.2 Å². The minimum Gasteiger partial charge on any atom is -0.246 e. The number of aryl methyl sites for hydroxylation is 1. The number of nitrogens with zero attached hydrogens (tertiary/aromatic N) is 5. The third kappa shape index (κ3) is 4.38. The van der Waals surface area contributed by atoms with E-state index in [1.54, 1.807) is 18.7 Å². The lowest BCUT2D eigenvalue weighted by molar-refractivity contribution is 0.295. The van der Waals surface area contributed by atoms with Crippen molar-refractivity contribution in [3.8, 4) is 5.00 Å². The molecule has 4 rings (SSSR count). The van der Waals surface area contributed by atoms with E-state index in [2.05, 4.69) is 6.07 Å². The van der Waals surface area contributed by atoms with Crippen molar-refractivity contribution in [2.75, 3.05) is 27.2 Å². The lowest BCUT2D eigenvalue weighted by atomic mass is 9.97. The first-order valence-corrected chi connectivity index (χ1v) is 12.5. The molecule has 1 fully saturated rings. The van der Waals surface area contributed by atoms with Gasteiger partial charge in [-0.15, -0.1) is 11.3 Å². The van der Waals surface area contributed by atoms with Crippen LogP contribution in [0, 0.1) is 6.92 Å². The van der Waals surface area contributed by atoms with Crippen molar-refractivity contribution in [3.63, 3.8) is 0 Å². The Labute approximate surface area is 186 Å². The Morgan fingerprint density at radius 2 is 1.90 bits per heavy atom. The van der Waals surface area contributed by atoms with Gasteiger partial charge in [-0.2, -0.15) is 22.1 Å². The smallest absolute Gasteiger partial charge is 0.246 e. The number of thiophene rings is 1. The van der Waals surface area contributed by atoms with Crippen molar-refractivity contribution in [1.29, 1.82) is 0 Å². The van der Waals surface area contributed by atoms with Gasteiger partial charge in [-0.25, -0.2) is 14.0 Å². The molecular formula is C21H27N5O3S2. The van der Waals surface area contributed by atoms with Crippen LogP contribution >= 0.6 is 11.3 Å². The highest BCUT2D eigenvalue weighted by atomic mass is 32.2. The molecule has 0 aliphatic carbocycles. The molecule has 0 amide bonds. The second-order valence-electron chi connectivity index (χ2n) is 8.04. The van der Waals surface area contributed by atoms with Crippen LogP contribution in [-0.2, 0) is 16.8 Å². The fraction of sp³-hybridized carbons (Fsp3) is 0.429. The van der Waals surface area contributed by atoms with Gasteiger partial charge < -0.3 is 0 Å². The van der Waals surface area contributed by atoms with E-state index >= 15 is 0 Å². The van der Waals surface area contributed by atoms with Gasteiger partial charge in [-0.05, 0) is 42.8 Å². The van der Waals surface area contributed by atoms with Gasteiger partial charge in [0.15, 0.2) is 0 Å². The Bertz CT molecular complexity index is 1200. The maximum Gasteiger partial charge on any atom is 0.351 e. The van der Waals surface area contributed by atoms with Crippen molar-refractivity contribution in [2.24, 2.45) is 0 Å². The van der Waals surface area contributed by atoms with E-state index in [4.69, 9.17) is 5.10 Å². The van der Waals surface area contributed by atoms with Gasteiger partial charge in [0.1, 0.15) is 10.8 Å². The van der Waals surface area contributed by atoms with Gasteiger partial charge in [-0.1, -0.05) is 29.8 Å². The molecular weight excluding hydrogens is 434 g/mol. The highest BCUT2D eigenvalue weighted by Crippen LogP contribution is 2.30. The van der Waals surface area contributed by atoms with E-state index < -0.39 is 10.2 Å². The van der Waals surface area contributed by atoms with Crippen molar-refractivity contribution in [3.05, 3.63) is 69.2 Å². The quantitative estimate of drug-likeness (QED) is 0.565. The van der Waals surface area contributed by atoms with E-state index in [0.717, 1.165) is 16.1 Å². The first kappa shape index (κ1) is 21.9.